The molecular formula is C18H27N3O4S. The molecule has 3 rings (SSSR count). The molecule has 8 heteroatoms. The lowest BCUT2D eigenvalue weighted by molar-refractivity contribution is 0.0933. The van der Waals surface area contributed by atoms with Crippen LogP contribution in [0, 0.1) is 0 Å². The van der Waals surface area contributed by atoms with Gasteiger partial charge in [0.1, 0.15) is 5.76 Å². The summed E-state index contributed by atoms with van der Waals surface area (Å²) in [5.74, 6) is 0.980. The van der Waals surface area contributed by atoms with E-state index in [2.05, 4.69) is 9.88 Å². The maximum Gasteiger partial charge on any atom is 0.227 e. The van der Waals surface area contributed by atoms with Crippen molar-refractivity contribution >= 4 is 9.84 Å². The minimum Gasteiger partial charge on any atom is -0.468 e. The van der Waals surface area contributed by atoms with Crippen LogP contribution < -0.4 is 0 Å². The molecule has 0 amide bonds. The lowest BCUT2D eigenvalue weighted by Gasteiger charge is -2.19. The first kappa shape index (κ1) is 19.1. The van der Waals surface area contributed by atoms with E-state index in [-0.39, 0.29) is 17.0 Å². The molecule has 0 radical (unpaired) electrons. The van der Waals surface area contributed by atoms with Gasteiger partial charge in [0.15, 0.2) is 0 Å². The fourth-order valence-electron chi connectivity index (χ4n) is 3.31. The third-order valence-corrected chi connectivity index (χ3v) is 6.33. The summed E-state index contributed by atoms with van der Waals surface area (Å²) in [4.78, 5) is 6.35. The zero-order valence-electron chi connectivity index (χ0n) is 15.4. The summed E-state index contributed by atoms with van der Waals surface area (Å²) < 4.78 is 38.2. The lowest BCUT2D eigenvalue weighted by Crippen LogP contribution is -2.25. The second kappa shape index (κ2) is 8.37. The normalized spacial score (nSPS) is 18.0. The second-order valence-corrected chi connectivity index (χ2v) is 8.85. The number of furan rings is 1. The topological polar surface area (TPSA) is 77.6 Å². The third kappa shape index (κ3) is 4.55. The highest BCUT2D eigenvalue weighted by Gasteiger charge is 2.26. The van der Waals surface area contributed by atoms with Crippen LogP contribution in [0.15, 0.2) is 34.2 Å². The number of nitrogens with zero attached hydrogens (tertiary/aromatic N) is 3. The summed E-state index contributed by atoms with van der Waals surface area (Å²) in [6, 6.07) is 3.79. The van der Waals surface area contributed by atoms with E-state index < -0.39 is 9.84 Å². The van der Waals surface area contributed by atoms with Gasteiger partial charge in [-0.3, -0.25) is 4.90 Å². The highest BCUT2D eigenvalue weighted by atomic mass is 32.2. The molecule has 1 aliphatic heterocycles. The molecule has 2 aromatic rings. The van der Waals surface area contributed by atoms with Gasteiger partial charge in [0.25, 0.3) is 0 Å². The van der Waals surface area contributed by atoms with Crippen LogP contribution in [0.3, 0.4) is 0 Å². The Morgan fingerprint density at radius 3 is 2.88 bits per heavy atom. The Balaban J connectivity index is 1.82. The van der Waals surface area contributed by atoms with Gasteiger partial charge < -0.3 is 13.7 Å². The highest BCUT2D eigenvalue weighted by Crippen LogP contribution is 2.21. The van der Waals surface area contributed by atoms with Crippen LogP contribution in [-0.2, 0) is 34.2 Å². The minimum atomic E-state index is -3.39. The van der Waals surface area contributed by atoms with Crippen LogP contribution in [0.4, 0.5) is 0 Å². The van der Waals surface area contributed by atoms with E-state index in [0.29, 0.717) is 26.1 Å². The Labute approximate surface area is 154 Å². The number of sulfone groups is 1. The molecule has 1 saturated heterocycles. The maximum atomic E-state index is 12.6. The summed E-state index contributed by atoms with van der Waals surface area (Å²) in [6.07, 6.45) is 5.92. The van der Waals surface area contributed by atoms with Crippen molar-refractivity contribution in [1.82, 2.24) is 14.5 Å². The van der Waals surface area contributed by atoms with Gasteiger partial charge in [-0.2, -0.15) is 0 Å². The first-order valence-corrected chi connectivity index (χ1v) is 10.7. The molecule has 0 saturated carbocycles. The van der Waals surface area contributed by atoms with Crippen molar-refractivity contribution in [2.24, 2.45) is 0 Å². The maximum absolute atomic E-state index is 12.6. The van der Waals surface area contributed by atoms with Gasteiger partial charge in [-0.05, 0) is 38.4 Å². The molecule has 1 aliphatic rings. The molecule has 26 heavy (non-hydrogen) atoms. The number of aromatic nitrogens is 2. The van der Waals surface area contributed by atoms with Crippen LogP contribution in [0.2, 0.25) is 0 Å². The first-order valence-electron chi connectivity index (χ1n) is 9.09. The van der Waals surface area contributed by atoms with Crippen LogP contribution in [-0.4, -0.2) is 48.4 Å². The molecule has 1 atom stereocenters. The van der Waals surface area contributed by atoms with E-state index in [0.717, 1.165) is 30.9 Å². The average Bonchev–Trinajstić information content (AvgIpc) is 3.31. The average molecular weight is 381 g/mol. The smallest absolute Gasteiger partial charge is 0.227 e. The van der Waals surface area contributed by atoms with Gasteiger partial charge in [0, 0.05) is 13.2 Å². The molecule has 0 spiro atoms. The third-order valence-electron chi connectivity index (χ3n) is 4.50. The minimum absolute atomic E-state index is 0.0499. The number of imidazole rings is 1. The Bertz CT molecular complexity index is 793. The Morgan fingerprint density at radius 2 is 2.23 bits per heavy atom. The van der Waals surface area contributed by atoms with Crippen molar-refractivity contribution < 1.29 is 17.6 Å². The first-order chi connectivity index (χ1) is 12.5. The molecule has 0 aliphatic carbocycles. The molecule has 3 heterocycles. The van der Waals surface area contributed by atoms with E-state index >= 15 is 0 Å². The Morgan fingerprint density at radius 1 is 1.38 bits per heavy atom. The van der Waals surface area contributed by atoms with Crippen LogP contribution >= 0.6 is 0 Å². The molecule has 7 nitrogen and oxygen atoms in total. The summed E-state index contributed by atoms with van der Waals surface area (Å²) >= 11 is 0. The van der Waals surface area contributed by atoms with E-state index in [9.17, 15) is 8.42 Å². The van der Waals surface area contributed by atoms with Gasteiger partial charge >= 0.3 is 0 Å². The molecule has 144 valence electrons. The molecule has 0 bridgehead atoms. The number of ether oxygens (including phenoxy) is 1. The fourth-order valence-corrected chi connectivity index (χ4v) is 4.78. The van der Waals surface area contributed by atoms with Gasteiger partial charge in [0.05, 0.1) is 43.1 Å². The SMILES string of the molecule is CCCS(=O)(=O)c1ncc(CN(C)Cc2ccco2)n1CC1CCCO1. The highest BCUT2D eigenvalue weighted by molar-refractivity contribution is 7.91. The van der Waals surface area contributed by atoms with Gasteiger partial charge in [-0.15, -0.1) is 0 Å². The van der Waals surface area contributed by atoms with Crippen LogP contribution in [0.1, 0.15) is 37.6 Å². The number of hydrogen-bond donors (Lipinski definition) is 0. The molecule has 2 aromatic heterocycles. The molecule has 1 unspecified atom stereocenters. The van der Waals surface area contributed by atoms with E-state index in [1.54, 1.807) is 12.5 Å². The molecule has 0 aromatic carbocycles. The van der Waals surface area contributed by atoms with Gasteiger partial charge in [0.2, 0.25) is 15.0 Å². The lowest BCUT2D eigenvalue weighted by atomic mass is 10.2. The van der Waals surface area contributed by atoms with Crippen molar-refractivity contribution in [2.75, 3.05) is 19.4 Å². The molecule has 0 N–H and O–H groups in total. The monoisotopic (exact) mass is 381 g/mol. The largest absolute Gasteiger partial charge is 0.468 e. The van der Waals surface area contributed by atoms with Crippen molar-refractivity contribution in [2.45, 2.75) is 57.1 Å². The quantitative estimate of drug-likeness (QED) is 0.664. The van der Waals surface area contributed by atoms with Gasteiger partial charge in [-0.25, -0.2) is 13.4 Å². The van der Waals surface area contributed by atoms with Gasteiger partial charge in [-0.1, -0.05) is 6.92 Å². The Kier molecular flexibility index (Phi) is 6.16. The van der Waals surface area contributed by atoms with Crippen LogP contribution in [0.5, 0.6) is 0 Å². The summed E-state index contributed by atoms with van der Waals surface area (Å²) in [6.45, 7) is 4.37. The van der Waals surface area contributed by atoms with Crippen molar-refractivity contribution in [1.29, 1.82) is 0 Å². The summed E-state index contributed by atoms with van der Waals surface area (Å²) in [5, 5.41) is 0.163. The Hall–Kier alpha value is -1.64. The summed E-state index contributed by atoms with van der Waals surface area (Å²) in [7, 11) is -1.41. The second-order valence-electron chi connectivity index (χ2n) is 6.85. The standard InChI is InChI=1S/C18H27N3O4S/c1-3-10-26(22,23)18-19-11-15(21(18)14-17-7-5-9-25-17)12-20(2)13-16-6-4-8-24-16/h4,6,8,11,17H,3,5,7,9-10,12-14H2,1-2H3. The zero-order chi connectivity index (χ0) is 18.6. The van der Waals surface area contributed by atoms with E-state index in [1.165, 1.54) is 0 Å². The molecular weight excluding hydrogens is 354 g/mol. The number of hydrogen-bond acceptors (Lipinski definition) is 6. The summed E-state index contributed by atoms with van der Waals surface area (Å²) in [5.41, 5.74) is 0.879. The predicted molar refractivity (Wildman–Crippen MR) is 97.4 cm³/mol. The number of rotatable bonds is 9. The molecule has 1 fully saturated rings. The van der Waals surface area contributed by atoms with Crippen molar-refractivity contribution in [3.05, 3.63) is 36.0 Å². The predicted octanol–water partition coefficient (Wildman–Crippen LogP) is 2.47. The van der Waals surface area contributed by atoms with E-state index in [4.69, 9.17) is 9.15 Å². The van der Waals surface area contributed by atoms with Crippen LogP contribution in [0.25, 0.3) is 0 Å². The van der Waals surface area contributed by atoms with Crippen molar-refractivity contribution in [3.8, 4) is 0 Å². The van der Waals surface area contributed by atoms with E-state index in [1.807, 2.05) is 30.7 Å². The fraction of sp³-hybridized carbons (Fsp3) is 0.611. The zero-order valence-corrected chi connectivity index (χ0v) is 16.2. The van der Waals surface area contributed by atoms with Crippen molar-refractivity contribution in [3.63, 3.8) is 0 Å².